The topological polar surface area (TPSA) is 16.1 Å². The minimum atomic E-state index is 0. The van der Waals surface area contributed by atoms with Crippen molar-refractivity contribution in [2.75, 3.05) is 4.90 Å². The van der Waals surface area contributed by atoms with Crippen LogP contribution in [-0.4, -0.2) is 9.89 Å². The fourth-order valence-corrected chi connectivity index (χ4v) is 4.67. The van der Waals surface area contributed by atoms with Crippen LogP contribution in [0.15, 0.2) is 84.2 Å². The second-order valence-electron chi connectivity index (χ2n) is 7.13. The van der Waals surface area contributed by atoms with E-state index in [0.717, 1.165) is 5.52 Å². The maximum absolute atomic E-state index is 4.64. The SMILES string of the molecule is Cc1cc(N2C3=CC=CC3=C[CH]2[Cr+2])c(C)cc1-c1cccc2cccnc12.[Cl-].[Cl-]. The molecule has 145 valence electrons. The molecule has 1 aromatic heterocycles. The third kappa shape index (κ3) is 3.54. The predicted octanol–water partition coefficient (Wildman–Crippen LogP) is -0.400. The monoisotopic (exact) mass is 457 g/mol. The van der Waals surface area contributed by atoms with Gasteiger partial charge in [0.25, 0.3) is 0 Å². The molecule has 1 atom stereocenters. The summed E-state index contributed by atoms with van der Waals surface area (Å²) >= 11 is 3.30. The van der Waals surface area contributed by atoms with E-state index in [2.05, 4.69) is 101 Å². The smallest absolute Gasteiger partial charge is 1.00 e. The summed E-state index contributed by atoms with van der Waals surface area (Å²) in [5.74, 6) is 0. The molecule has 1 aliphatic carbocycles. The third-order valence-corrected chi connectivity index (χ3v) is 5.93. The Kier molecular flexibility index (Phi) is 6.27. The van der Waals surface area contributed by atoms with Gasteiger partial charge in [-0.05, 0) is 0 Å². The number of anilines is 1. The maximum atomic E-state index is 4.64. The molecule has 0 saturated heterocycles. The maximum Gasteiger partial charge on any atom is -1.00 e. The molecule has 2 aliphatic rings. The summed E-state index contributed by atoms with van der Waals surface area (Å²) in [4.78, 5) is 7.28. The number of para-hydroxylation sites is 1. The van der Waals surface area contributed by atoms with E-state index in [1.807, 2.05) is 12.3 Å². The second kappa shape index (κ2) is 8.38. The summed E-state index contributed by atoms with van der Waals surface area (Å²) in [6.45, 7) is 4.39. The number of hydrogen-bond donors (Lipinski definition) is 0. The Bertz CT molecular complexity index is 1180. The van der Waals surface area contributed by atoms with Gasteiger partial charge in [0, 0.05) is 0 Å². The Balaban J connectivity index is 0.00000120. The van der Waals surface area contributed by atoms with Gasteiger partial charge in [-0.25, -0.2) is 0 Å². The fraction of sp³-hybridized carbons (Fsp3) is 0.125. The number of aryl methyl sites for hydroxylation is 2. The normalized spacial score (nSPS) is 16.7. The molecule has 0 radical (unpaired) electrons. The van der Waals surface area contributed by atoms with E-state index in [1.165, 1.54) is 44.6 Å². The van der Waals surface area contributed by atoms with Crippen molar-refractivity contribution < 1.29 is 41.1 Å². The molecule has 2 heterocycles. The van der Waals surface area contributed by atoms with E-state index in [9.17, 15) is 0 Å². The van der Waals surface area contributed by atoms with E-state index < -0.39 is 0 Å². The van der Waals surface area contributed by atoms with Crippen molar-refractivity contribution in [2.45, 2.75) is 18.8 Å². The Morgan fingerprint density at radius 1 is 0.966 bits per heavy atom. The Morgan fingerprint density at radius 3 is 2.59 bits per heavy atom. The summed E-state index contributed by atoms with van der Waals surface area (Å²) in [5, 5.41) is 1.18. The molecule has 2 nitrogen and oxygen atoms in total. The summed E-state index contributed by atoms with van der Waals surface area (Å²) in [6, 6.07) is 15.1. The van der Waals surface area contributed by atoms with Crippen LogP contribution < -0.4 is 29.7 Å². The van der Waals surface area contributed by atoms with Gasteiger partial charge in [-0.3, -0.25) is 0 Å². The average Bonchev–Trinajstić information content (AvgIpc) is 3.23. The van der Waals surface area contributed by atoms with E-state index in [0.29, 0.717) is 0 Å². The van der Waals surface area contributed by atoms with Crippen molar-refractivity contribution in [3.63, 3.8) is 0 Å². The van der Waals surface area contributed by atoms with E-state index in [-0.39, 0.29) is 29.7 Å². The Hall–Kier alpha value is -2.02. The number of aromatic nitrogens is 1. The van der Waals surface area contributed by atoms with Crippen molar-refractivity contribution in [1.82, 2.24) is 4.98 Å². The van der Waals surface area contributed by atoms with Gasteiger partial charge in [0.05, 0.1) is 0 Å². The minimum absolute atomic E-state index is 0. The van der Waals surface area contributed by atoms with Crippen LogP contribution >= 0.6 is 0 Å². The molecular weight excluding hydrogens is 439 g/mol. The molecule has 0 bridgehead atoms. The van der Waals surface area contributed by atoms with Crippen LogP contribution in [0.25, 0.3) is 22.0 Å². The molecule has 3 aromatic rings. The zero-order valence-corrected chi connectivity index (χ0v) is 18.9. The largest absolute Gasteiger partial charge is 1.00 e. The second-order valence-corrected chi connectivity index (χ2v) is 7.88. The first kappa shape index (κ1) is 21.7. The molecule has 0 fully saturated rings. The molecule has 1 unspecified atom stereocenters. The fourth-order valence-electron chi connectivity index (χ4n) is 4.09. The molecular formula is C24H19Cl2CrN2. The third-order valence-electron chi connectivity index (χ3n) is 5.39. The van der Waals surface area contributed by atoms with Gasteiger partial charge in [-0.1, -0.05) is 0 Å². The van der Waals surface area contributed by atoms with Crippen LogP contribution in [0.2, 0.25) is 0 Å². The molecule has 0 saturated carbocycles. The molecule has 5 heteroatoms. The Labute approximate surface area is 192 Å². The molecule has 1 aliphatic heterocycles. The van der Waals surface area contributed by atoms with Gasteiger partial charge < -0.3 is 24.8 Å². The van der Waals surface area contributed by atoms with Crippen LogP contribution in [0.3, 0.4) is 0 Å². The molecule has 5 rings (SSSR count). The predicted molar refractivity (Wildman–Crippen MR) is 108 cm³/mol. The number of halogens is 2. The first-order valence-electron chi connectivity index (χ1n) is 9.14. The molecule has 2 aromatic carbocycles. The van der Waals surface area contributed by atoms with Gasteiger partial charge in [0.2, 0.25) is 0 Å². The number of hydrogen-bond acceptors (Lipinski definition) is 2. The van der Waals surface area contributed by atoms with Gasteiger partial charge in [0.1, 0.15) is 0 Å². The van der Waals surface area contributed by atoms with Crippen molar-refractivity contribution in [1.29, 1.82) is 0 Å². The molecule has 0 spiro atoms. The standard InChI is InChI=1S/C24H19N2.2ClH.Cr/c1-16-15-23(26-13-11-18-6-4-10-22(18)26)17(2)14-21(16)20-9-3-7-19-8-5-12-25-24(19)20;;;/h3-15H,1-2H3;2*1H;/q;;;+2/p-2. The van der Waals surface area contributed by atoms with Crippen molar-refractivity contribution in [2.24, 2.45) is 0 Å². The van der Waals surface area contributed by atoms with E-state index >= 15 is 0 Å². The summed E-state index contributed by atoms with van der Waals surface area (Å²) in [7, 11) is 0. The number of fused-ring (bicyclic) bond motifs is 2. The zero-order chi connectivity index (χ0) is 18.5. The van der Waals surface area contributed by atoms with Gasteiger partial charge in [-0.15, -0.1) is 0 Å². The Morgan fingerprint density at radius 2 is 1.76 bits per heavy atom. The van der Waals surface area contributed by atoms with Crippen molar-refractivity contribution in [3.8, 4) is 11.1 Å². The average molecular weight is 458 g/mol. The van der Waals surface area contributed by atoms with Gasteiger partial charge in [0.15, 0.2) is 0 Å². The van der Waals surface area contributed by atoms with Crippen LogP contribution in [0.5, 0.6) is 0 Å². The first-order valence-corrected chi connectivity index (χ1v) is 9.88. The molecule has 0 amide bonds. The summed E-state index contributed by atoms with van der Waals surface area (Å²) in [5.41, 5.74) is 9.88. The zero-order valence-electron chi connectivity index (χ0n) is 16.1. The number of benzene rings is 2. The van der Waals surface area contributed by atoms with E-state index in [4.69, 9.17) is 0 Å². The van der Waals surface area contributed by atoms with Crippen LogP contribution in [0, 0.1) is 13.8 Å². The van der Waals surface area contributed by atoms with Crippen molar-refractivity contribution >= 4 is 16.6 Å². The summed E-state index contributed by atoms with van der Waals surface area (Å²) in [6.07, 6.45) is 10.7. The number of rotatable bonds is 2. The van der Waals surface area contributed by atoms with Crippen LogP contribution in [0.4, 0.5) is 5.69 Å². The van der Waals surface area contributed by atoms with Crippen LogP contribution in [0.1, 0.15) is 11.1 Å². The summed E-state index contributed by atoms with van der Waals surface area (Å²) < 4.78 is 0. The van der Waals surface area contributed by atoms with Crippen molar-refractivity contribution in [3.05, 3.63) is 95.4 Å². The molecule has 0 N–H and O–H groups in total. The number of allylic oxidation sites excluding steroid dienone is 3. The number of nitrogens with zero attached hydrogens (tertiary/aromatic N) is 2. The quantitative estimate of drug-likeness (QED) is 0.520. The van der Waals surface area contributed by atoms with Gasteiger partial charge in [-0.2, -0.15) is 0 Å². The molecule has 29 heavy (non-hydrogen) atoms. The number of pyridine rings is 1. The van der Waals surface area contributed by atoms with Crippen LogP contribution in [-0.2, 0) is 16.3 Å². The first-order chi connectivity index (χ1) is 13.1. The minimum Gasteiger partial charge on any atom is -1.00 e. The van der Waals surface area contributed by atoms with E-state index in [1.54, 1.807) is 0 Å². The van der Waals surface area contributed by atoms with Gasteiger partial charge >= 0.3 is 168 Å².